The number of aromatic nitrogens is 5. The number of fused-ring (bicyclic) bond motifs is 3. The minimum Gasteiger partial charge on any atom is -0.377 e. The Morgan fingerprint density at radius 3 is 2.77 bits per heavy atom. The molecule has 5 heterocycles. The molecule has 5 rings (SSSR count). The summed E-state index contributed by atoms with van der Waals surface area (Å²) in [5, 5.41) is 9.26. The highest BCUT2D eigenvalue weighted by molar-refractivity contribution is 5.57. The number of unbranched alkanes of at least 4 members (excludes halogenated alkanes) is 1. The fourth-order valence-electron chi connectivity index (χ4n) is 4.18. The first-order chi connectivity index (χ1) is 12.8. The van der Waals surface area contributed by atoms with Crippen molar-refractivity contribution < 1.29 is 4.74 Å². The van der Waals surface area contributed by atoms with E-state index >= 15 is 0 Å². The normalized spacial score (nSPS) is 22.4. The monoisotopic (exact) mass is 352 g/mol. The lowest BCUT2D eigenvalue weighted by molar-refractivity contribution is 0.0900. The van der Waals surface area contributed by atoms with Crippen LogP contribution < -0.4 is 4.90 Å². The Bertz CT molecular complexity index is 886. The smallest absolute Gasteiger partial charge is 0.160 e. The Morgan fingerprint density at radius 2 is 2.04 bits per heavy atom. The third-order valence-electron chi connectivity index (χ3n) is 5.48. The van der Waals surface area contributed by atoms with E-state index in [1.54, 1.807) is 6.20 Å². The van der Waals surface area contributed by atoms with E-state index in [0.717, 1.165) is 49.0 Å². The maximum atomic E-state index is 5.78. The summed E-state index contributed by atoms with van der Waals surface area (Å²) in [6.07, 6.45) is 9.38. The highest BCUT2D eigenvalue weighted by Crippen LogP contribution is 2.34. The second-order valence-corrected chi connectivity index (χ2v) is 7.26. The van der Waals surface area contributed by atoms with Gasteiger partial charge < -0.3 is 9.64 Å². The van der Waals surface area contributed by atoms with Crippen LogP contribution in [-0.2, 0) is 11.2 Å². The lowest BCUT2D eigenvalue weighted by atomic mass is 10.2. The van der Waals surface area contributed by atoms with Crippen molar-refractivity contribution in [2.24, 2.45) is 0 Å². The van der Waals surface area contributed by atoms with E-state index in [1.165, 1.54) is 19.3 Å². The molecule has 3 aromatic heterocycles. The summed E-state index contributed by atoms with van der Waals surface area (Å²) in [6, 6.07) is 7.01. The molecule has 2 saturated heterocycles. The van der Waals surface area contributed by atoms with Gasteiger partial charge in [0.25, 0.3) is 0 Å². The third kappa shape index (κ3) is 2.58. The molecule has 0 saturated carbocycles. The minimum atomic E-state index is 0.424. The van der Waals surface area contributed by atoms with Crippen molar-refractivity contribution >= 4 is 11.5 Å². The molecule has 2 atom stereocenters. The van der Waals surface area contributed by atoms with Gasteiger partial charge in [-0.05, 0) is 31.7 Å². The molecule has 7 nitrogen and oxygen atoms in total. The standard InChI is InChI=1S/C19H24N6O/c1-2-3-5-14-10-18-21-17(23-9-4-8-20-23)11-19(25(18)22-14)24-15-6-7-16(24)13-26-12-15/h4,8-11,15-16H,2-3,5-7,12-13H2,1H3. The topological polar surface area (TPSA) is 60.5 Å². The number of hydrogen-bond acceptors (Lipinski definition) is 5. The quantitative estimate of drug-likeness (QED) is 0.706. The molecule has 0 spiro atoms. The average Bonchev–Trinajstić information content (AvgIpc) is 3.37. The number of ether oxygens (including phenoxy) is 1. The van der Waals surface area contributed by atoms with Crippen molar-refractivity contribution in [2.75, 3.05) is 18.1 Å². The fourth-order valence-corrected chi connectivity index (χ4v) is 4.18. The van der Waals surface area contributed by atoms with E-state index in [1.807, 2.05) is 21.5 Å². The highest BCUT2D eigenvalue weighted by atomic mass is 16.5. The Labute approximate surface area is 152 Å². The minimum absolute atomic E-state index is 0.424. The van der Waals surface area contributed by atoms with Crippen molar-refractivity contribution in [3.05, 3.63) is 36.3 Å². The van der Waals surface area contributed by atoms with Crippen molar-refractivity contribution in [3.8, 4) is 5.82 Å². The first-order valence-electron chi connectivity index (χ1n) is 9.59. The van der Waals surface area contributed by atoms with Gasteiger partial charge in [-0.15, -0.1) is 0 Å². The van der Waals surface area contributed by atoms with Crippen LogP contribution in [-0.4, -0.2) is 49.7 Å². The number of rotatable bonds is 5. The van der Waals surface area contributed by atoms with Crippen molar-refractivity contribution in [1.29, 1.82) is 0 Å². The molecular formula is C19H24N6O. The molecule has 0 amide bonds. The molecule has 136 valence electrons. The van der Waals surface area contributed by atoms with Crippen LogP contribution in [0.3, 0.4) is 0 Å². The summed E-state index contributed by atoms with van der Waals surface area (Å²) in [6.45, 7) is 3.80. The van der Waals surface area contributed by atoms with E-state index in [-0.39, 0.29) is 0 Å². The lowest BCUT2D eigenvalue weighted by Crippen LogP contribution is -2.46. The van der Waals surface area contributed by atoms with Crippen molar-refractivity contribution in [3.63, 3.8) is 0 Å². The van der Waals surface area contributed by atoms with Gasteiger partial charge in [-0.25, -0.2) is 9.67 Å². The van der Waals surface area contributed by atoms with Gasteiger partial charge in [0.05, 0.1) is 31.0 Å². The fraction of sp³-hybridized carbons (Fsp3) is 0.526. The van der Waals surface area contributed by atoms with Crippen LogP contribution in [0.25, 0.3) is 11.5 Å². The molecule has 2 aliphatic heterocycles. The lowest BCUT2D eigenvalue weighted by Gasteiger charge is -2.36. The van der Waals surface area contributed by atoms with Gasteiger partial charge >= 0.3 is 0 Å². The van der Waals surface area contributed by atoms with E-state index in [0.29, 0.717) is 12.1 Å². The van der Waals surface area contributed by atoms with Gasteiger partial charge in [-0.3, -0.25) is 0 Å². The summed E-state index contributed by atoms with van der Waals surface area (Å²) in [5.74, 6) is 1.95. The van der Waals surface area contributed by atoms with Gasteiger partial charge in [0.15, 0.2) is 11.5 Å². The van der Waals surface area contributed by atoms with E-state index in [4.69, 9.17) is 14.8 Å². The summed E-state index contributed by atoms with van der Waals surface area (Å²) in [7, 11) is 0. The first kappa shape index (κ1) is 15.8. The van der Waals surface area contributed by atoms with Crippen molar-refractivity contribution in [2.45, 2.75) is 51.1 Å². The van der Waals surface area contributed by atoms with Crippen LogP contribution in [0.2, 0.25) is 0 Å². The number of aryl methyl sites for hydroxylation is 1. The summed E-state index contributed by atoms with van der Waals surface area (Å²) < 4.78 is 9.62. The zero-order valence-electron chi connectivity index (χ0n) is 15.1. The summed E-state index contributed by atoms with van der Waals surface area (Å²) in [4.78, 5) is 7.32. The summed E-state index contributed by atoms with van der Waals surface area (Å²) in [5.41, 5.74) is 2.00. The third-order valence-corrected chi connectivity index (χ3v) is 5.48. The molecule has 0 N–H and O–H groups in total. The Balaban J connectivity index is 1.65. The van der Waals surface area contributed by atoms with Crippen LogP contribution in [0.4, 0.5) is 5.82 Å². The van der Waals surface area contributed by atoms with Crippen LogP contribution in [0.15, 0.2) is 30.6 Å². The largest absolute Gasteiger partial charge is 0.377 e. The molecule has 2 aliphatic rings. The van der Waals surface area contributed by atoms with Crippen molar-refractivity contribution in [1.82, 2.24) is 24.4 Å². The van der Waals surface area contributed by atoms with Crippen LogP contribution in [0.5, 0.6) is 0 Å². The first-order valence-corrected chi connectivity index (χ1v) is 9.59. The van der Waals surface area contributed by atoms with E-state index < -0.39 is 0 Å². The van der Waals surface area contributed by atoms with Gasteiger partial charge in [0.1, 0.15) is 5.82 Å². The van der Waals surface area contributed by atoms with Gasteiger partial charge in [-0.2, -0.15) is 14.7 Å². The van der Waals surface area contributed by atoms with E-state index in [9.17, 15) is 0 Å². The SMILES string of the molecule is CCCCc1cc2nc(-n3cccn3)cc(N3C4CCC3COC4)n2n1. The predicted molar refractivity (Wildman–Crippen MR) is 98.8 cm³/mol. The molecule has 2 bridgehead atoms. The molecule has 0 aliphatic carbocycles. The molecular weight excluding hydrogens is 328 g/mol. The zero-order chi connectivity index (χ0) is 17.5. The maximum Gasteiger partial charge on any atom is 0.160 e. The molecule has 2 unspecified atom stereocenters. The maximum absolute atomic E-state index is 5.78. The van der Waals surface area contributed by atoms with Crippen LogP contribution in [0, 0.1) is 0 Å². The average molecular weight is 352 g/mol. The zero-order valence-corrected chi connectivity index (χ0v) is 15.1. The second kappa shape index (κ2) is 6.39. The molecule has 0 aromatic carbocycles. The van der Waals surface area contributed by atoms with E-state index in [2.05, 4.69) is 29.1 Å². The van der Waals surface area contributed by atoms with Gasteiger partial charge in [0, 0.05) is 24.5 Å². The Morgan fingerprint density at radius 1 is 1.19 bits per heavy atom. The number of morpholine rings is 1. The van der Waals surface area contributed by atoms with Gasteiger partial charge in [0.2, 0.25) is 0 Å². The Hall–Kier alpha value is -2.41. The number of hydrogen-bond donors (Lipinski definition) is 0. The molecule has 0 radical (unpaired) electrons. The van der Waals surface area contributed by atoms with Crippen LogP contribution >= 0.6 is 0 Å². The second-order valence-electron chi connectivity index (χ2n) is 7.26. The molecule has 3 aromatic rings. The number of nitrogens with zero attached hydrogens (tertiary/aromatic N) is 6. The van der Waals surface area contributed by atoms with Gasteiger partial charge in [-0.1, -0.05) is 13.3 Å². The van der Waals surface area contributed by atoms with Crippen LogP contribution in [0.1, 0.15) is 38.3 Å². The molecule has 26 heavy (non-hydrogen) atoms. The summed E-state index contributed by atoms with van der Waals surface area (Å²) >= 11 is 0. The Kier molecular flexibility index (Phi) is 3.89. The predicted octanol–water partition coefficient (Wildman–Crippen LogP) is 2.63. The number of anilines is 1. The molecule has 7 heteroatoms. The molecule has 2 fully saturated rings. The highest BCUT2D eigenvalue weighted by Gasteiger charge is 2.39.